The summed E-state index contributed by atoms with van der Waals surface area (Å²) in [7, 11) is 1.57. The Morgan fingerprint density at radius 1 is 1.19 bits per heavy atom. The highest BCUT2D eigenvalue weighted by Crippen LogP contribution is 2.36. The van der Waals surface area contributed by atoms with Crippen LogP contribution in [0.4, 0.5) is 11.4 Å². The van der Waals surface area contributed by atoms with Gasteiger partial charge in [0.05, 0.1) is 24.0 Å². The van der Waals surface area contributed by atoms with E-state index in [1.165, 1.54) is 11.3 Å². The fourth-order valence-corrected chi connectivity index (χ4v) is 3.94. The molecule has 0 aliphatic rings. The third-order valence-electron chi connectivity index (χ3n) is 4.31. The molecule has 4 rings (SSSR count). The summed E-state index contributed by atoms with van der Waals surface area (Å²) in [6.07, 6.45) is 0. The van der Waals surface area contributed by atoms with Crippen LogP contribution < -0.4 is 15.8 Å². The summed E-state index contributed by atoms with van der Waals surface area (Å²) in [5.74, 6) is 0.329. The van der Waals surface area contributed by atoms with E-state index in [-0.39, 0.29) is 5.91 Å². The molecular formula is C20H17N3O2S. The lowest BCUT2D eigenvalue weighted by Gasteiger charge is -2.09. The number of aryl methyl sites for hydroxylation is 1. The molecule has 2 aromatic carbocycles. The molecule has 2 aromatic heterocycles. The highest BCUT2D eigenvalue weighted by atomic mass is 32.1. The Morgan fingerprint density at radius 3 is 2.81 bits per heavy atom. The van der Waals surface area contributed by atoms with Gasteiger partial charge < -0.3 is 15.8 Å². The van der Waals surface area contributed by atoms with E-state index in [2.05, 4.69) is 5.32 Å². The lowest BCUT2D eigenvalue weighted by atomic mass is 10.1. The predicted molar refractivity (Wildman–Crippen MR) is 107 cm³/mol. The van der Waals surface area contributed by atoms with E-state index in [1.807, 2.05) is 43.3 Å². The van der Waals surface area contributed by atoms with Crippen molar-refractivity contribution in [2.24, 2.45) is 0 Å². The average Bonchev–Trinajstić information content (AvgIpc) is 2.97. The van der Waals surface area contributed by atoms with Crippen LogP contribution in [-0.4, -0.2) is 18.0 Å². The largest absolute Gasteiger partial charge is 0.495 e. The van der Waals surface area contributed by atoms with Gasteiger partial charge in [-0.15, -0.1) is 11.3 Å². The van der Waals surface area contributed by atoms with Crippen molar-refractivity contribution in [1.29, 1.82) is 0 Å². The highest BCUT2D eigenvalue weighted by Gasteiger charge is 2.19. The lowest BCUT2D eigenvalue weighted by molar-refractivity contribution is 0.103. The van der Waals surface area contributed by atoms with Gasteiger partial charge in [0.25, 0.3) is 5.91 Å². The van der Waals surface area contributed by atoms with Crippen molar-refractivity contribution in [3.63, 3.8) is 0 Å². The molecule has 0 aliphatic heterocycles. The second-order valence-corrected chi connectivity index (χ2v) is 6.99. The third-order valence-corrected chi connectivity index (χ3v) is 5.42. The summed E-state index contributed by atoms with van der Waals surface area (Å²) in [6, 6.07) is 15.3. The number of nitrogens with one attached hydrogen (secondary N) is 1. The molecule has 2 heterocycles. The van der Waals surface area contributed by atoms with E-state index in [1.54, 1.807) is 19.2 Å². The number of nitrogens with zero attached hydrogens (tertiary/aromatic N) is 1. The average molecular weight is 363 g/mol. The van der Waals surface area contributed by atoms with Gasteiger partial charge in [0.15, 0.2) is 0 Å². The molecule has 5 nitrogen and oxygen atoms in total. The Kier molecular flexibility index (Phi) is 3.97. The number of carbonyl (C=O) groups is 1. The molecular weight excluding hydrogens is 346 g/mol. The number of benzene rings is 2. The van der Waals surface area contributed by atoms with Gasteiger partial charge in [-0.05, 0) is 30.7 Å². The van der Waals surface area contributed by atoms with Gasteiger partial charge in [-0.25, -0.2) is 4.98 Å². The lowest BCUT2D eigenvalue weighted by Crippen LogP contribution is -2.12. The molecule has 0 aliphatic carbocycles. The van der Waals surface area contributed by atoms with E-state index < -0.39 is 0 Å². The first-order chi connectivity index (χ1) is 12.6. The number of anilines is 2. The molecule has 0 saturated heterocycles. The molecule has 130 valence electrons. The molecule has 0 radical (unpaired) electrons. The zero-order valence-electron chi connectivity index (χ0n) is 14.4. The Morgan fingerprint density at radius 2 is 2.00 bits per heavy atom. The summed E-state index contributed by atoms with van der Waals surface area (Å²) >= 11 is 1.30. The number of nitrogen functional groups attached to an aromatic ring is 1. The number of hydrogen-bond acceptors (Lipinski definition) is 5. The van der Waals surface area contributed by atoms with Crippen LogP contribution >= 0.6 is 11.3 Å². The molecule has 0 unspecified atom stereocenters. The van der Waals surface area contributed by atoms with Crippen molar-refractivity contribution < 1.29 is 9.53 Å². The number of thiophene rings is 1. The van der Waals surface area contributed by atoms with Crippen molar-refractivity contribution in [2.45, 2.75) is 6.92 Å². The number of aromatic nitrogens is 1. The minimum absolute atomic E-state index is 0.268. The molecule has 6 heteroatoms. The first-order valence-corrected chi connectivity index (χ1v) is 8.93. The summed E-state index contributed by atoms with van der Waals surface area (Å²) < 4.78 is 5.28. The second kappa shape index (κ2) is 6.31. The number of pyridine rings is 1. The number of carbonyl (C=O) groups excluding carboxylic acids is 1. The molecule has 0 atom stereocenters. The Hall–Kier alpha value is -3.12. The fraction of sp³-hybridized carbons (Fsp3) is 0.100. The monoisotopic (exact) mass is 363 g/mol. The third kappa shape index (κ3) is 2.64. The number of para-hydroxylation sites is 3. The molecule has 3 N–H and O–H groups in total. The minimum atomic E-state index is -0.268. The van der Waals surface area contributed by atoms with Crippen LogP contribution in [0.15, 0.2) is 48.5 Å². The summed E-state index contributed by atoms with van der Waals surface area (Å²) in [5, 5.41) is 4.69. The number of amides is 1. The van der Waals surface area contributed by atoms with Gasteiger partial charge >= 0.3 is 0 Å². The molecule has 0 spiro atoms. The number of rotatable bonds is 3. The topological polar surface area (TPSA) is 77.2 Å². The fourth-order valence-electron chi connectivity index (χ4n) is 2.97. The predicted octanol–water partition coefficient (Wildman–Crippen LogP) is 4.60. The quantitative estimate of drug-likeness (QED) is 0.558. The molecule has 0 bridgehead atoms. The number of fused-ring (bicyclic) bond motifs is 2. The van der Waals surface area contributed by atoms with Crippen molar-refractivity contribution in [1.82, 2.24) is 4.98 Å². The molecule has 1 amide bonds. The SMILES string of the molecule is COc1ccccc1NC(=O)c1sc2nc3c(C)cccc3cc2c1N. The van der Waals surface area contributed by atoms with Crippen molar-refractivity contribution in [3.05, 3.63) is 59.0 Å². The van der Waals surface area contributed by atoms with E-state index in [9.17, 15) is 4.79 Å². The summed E-state index contributed by atoms with van der Waals surface area (Å²) in [5.41, 5.74) is 9.35. The molecule has 0 saturated carbocycles. The molecule has 0 fully saturated rings. The maximum absolute atomic E-state index is 12.8. The van der Waals surface area contributed by atoms with Crippen LogP contribution in [0.2, 0.25) is 0 Å². The van der Waals surface area contributed by atoms with E-state index >= 15 is 0 Å². The highest BCUT2D eigenvalue weighted by molar-refractivity contribution is 7.21. The van der Waals surface area contributed by atoms with Crippen LogP contribution in [0, 0.1) is 6.92 Å². The van der Waals surface area contributed by atoms with Crippen molar-refractivity contribution in [2.75, 3.05) is 18.2 Å². The normalized spacial score (nSPS) is 11.0. The Balaban J connectivity index is 1.79. The zero-order valence-corrected chi connectivity index (χ0v) is 15.2. The molecule has 4 aromatic rings. The first-order valence-electron chi connectivity index (χ1n) is 8.11. The van der Waals surface area contributed by atoms with Crippen LogP contribution in [0.3, 0.4) is 0 Å². The van der Waals surface area contributed by atoms with Crippen LogP contribution in [0.5, 0.6) is 5.75 Å². The smallest absolute Gasteiger partial charge is 0.268 e. The molecule has 26 heavy (non-hydrogen) atoms. The number of ether oxygens (including phenoxy) is 1. The van der Waals surface area contributed by atoms with Gasteiger partial charge in [0, 0.05) is 10.8 Å². The van der Waals surface area contributed by atoms with Crippen LogP contribution in [-0.2, 0) is 0 Å². The second-order valence-electron chi connectivity index (χ2n) is 5.99. The van der Waals surface area contributed by atoms with Gasteiger partial charge in [-0.1, -0.05) is 30.3 Å². The Bertz CT molecular complexity index is 1150. The van der Waals surface area contributed by atoms with Crippen molar-refractivity contribution >= 4 is 49.7 Å². The van der Waals surface area contributed by atoms with Gasteiger partial charge in [-0.3, -0.25) is 4.79 Å². The van der Waals surface area contributed by atoms with Gasteiger partial charge in [0.1, 0.15) is 15.5 Å². The number of nitrogens with two attached hydrogens (primary N) is 1. The van der Waals surface area contributed by atoms with Gasteiger partial charge in [0.2, 0.25) is 0 Å². The maximum atomic E-state index is 12.8. The van der Waals surface area contributed by atoms with E-state index in [0.717, 1.165) is 26.7 Å². The van der Waals surface area contributed by atoms with E-state index in [0.29, 0.717) is 22.0 Å². The number of methoxy groups -OCH3 is 1. The standard InChI is InChI=1S/C20H17N3O2S/c1-11-6-5-7-12-10-13-16(21)18(26-20(13)23-17(11)12)19(24)22-14-8-3-4-9-15(14)25-2/h3-10H,21H2,1-2H3,(H,22,24). The Labute approximate surface area is 154 Å². The first kappa shape index (κ1) is 16.4. The van der Waals surface area contributed by atoms with E-state index in [4.69, 9.17) is 15.5 Å². The van der Waals surface area contributed by atoms with Gasteiger partial charge in [-0.2, -0.15) is 0 Å². The minimum Gasteiger partial charge on any atom is -0.495 e. The summed E-state index contributed by atoms with van der Waals surface area (Å²) in [4.78, 5) is 18.7. The summed E-state index contributed by atoms with van der Waals surface area (Å²) in [6.45, 7) is 2.02. The van der Waals surface area contributed by atoms with Crippen molar-refractivity contribution in [3.8, 4) is 5.75 Å². The van der Waals surface area contributed by atoms with Crippen LogP contribution in [0.1, 0.15) is 15.2 Å². The maximum Gasteiger partial charge on any atom is 0.268 e. The van der Waals surface area contributed by atoms with Crippen LogP contribution in [0.25, 0.3) is 21.1 Å². The zero-order chi connectivity index (χ0) is 18.3. The number of hydrogen-bond donors (Lipinski definition) is 2.